The number of hydrogen-bond acceptors (Lipinski definition) is 4. The fraction of sp³-hybridized carbons (Fsp3) is 0.0500. The third-order valence-electron chi connectivity index (χ3n) is 3.75. The first-order valence-electron chi connectivity index (χ1n) is 8.04. The van der Waals surface area contributed by atoms with Crippen LogP contribution < -0.4 is 15.4 Å². The fourth-order valence-electron chi connectivity index (χ4n) is 2.44. The summed E-state index contributed by atoms with van der Waals surface area (Å²) in [6.07, 6.45) is 1.65. The number of rotatable bonds is 4. The summed E-state index contributed by atoms with van der Waals surface area (Å²) in [5.41, 5.74) is 2.33. The maximum atomic E-state index is 12.1. The number of ether oxygens (including phenoxy) is 1. The van der Waals surface area contributed by atoms with E-state index in [0.29, 0.717) is 22.2 Å². The standard InChI is InChI=1S/C20H16ClN3O2S/c1-26-17-8-7-14(11-16(17)21)15-9-10-22-18(12-15)23-20(27)24-19(25)13-5-3-2-4-6-13/h2-12H,1H3,(H2,22,23,24,25,27). The number of thiocarbonyl (C=S) groups is 1. The molecule has 0 bridgehead atoms. The van der Waals surface area contributed by atoms with Crippen LogP contribution in [0.25, 0.3) is 11.1 Å². The summed E-state index contributed by atoms with van der Waals surface area (Å²) in [4.78, 5) is 16.4. The van der Waals surface area contributed by atoms with Gasteiger partial charge in [0.15, 0.2) is 5.11 Å². The van der Waals surface area contributed by atoms with E-state index in [0.717, 1.165) is 11.1 Å². The molecule has 0 saturated heterocycles. The number of aromatic nitrogens is 1. The van der Waals surface area contributed by atoms with Gasteiger partial charge in [0.25, 0.3) is 5.91 Å². The van der Waals surface area contributed by atoms with Crippen molar-refractivity contribution in [2.45, 2.75) is 0 Å². The molecule has 3 aromatic rings. The summed E-state index contributed by atoms with van der Waals surface area (Å²) in [6.45, 7) is 0. The van der Waals surface area contributed by atoms with E-state index in [1.165, 1.54) is 0 Å². The molecule has 27 heavy (non-hydrogen) atoms. The lowest BCUT2D eigenvalue weighted by Crippen LogP contribution is -2.34. The van der Waals surface area contributed by atoms with Gasteiger partial charge in [0.05, 0.1) is 12.1 Å². The molecule has 2 N–H and O–H groups in total. The Balaban J connectivity index is 1.71. The molecule has 0 spiro atoms. The lowest BCUT2D eigenvalue weighted by Gasteiger charge is -2.11. The zero-order valence-corrected chi connectivity index (χ0v) is 16.0. The first-order valence-corrected chi connectivity index (χ1v) is 8.83. The van der Waals surface area contributed by atoms with Crippen LogP contribution in [0.5, 0.6) is 5.75 Å². The number of carbonyl (C=O) groups is 1. The Labute approximate surface area is 167 Å². The molecule has 0 saturated carbocycles. The Hall–Kier alpha value is -2.96. The highest BCUT2D eigenvalue weighted by molar-refractivity contribution is 7.80. The molecule has 5 nitrogen and oxygen atoms in total. The zero-order chi connectivity index (χ0) is 19.2. The molecule has 0 unspecified atom stereocenters. The van der Waals surface area contributed by atoms with Crippen LogP contribution in [0.1, 0.15) is 10.4 Å². The molecule has 0 aliphatic carbocycles. The van der Waals surface area contributed by atoms with Gasteiger partial charge in [0, 0.05) is 11.8 Å². The van der Waals surface area contributed by atoms with Crippen molar-refractivity contribution in [2.24, 2.45) is 0 Å². The Bertz CT molecular complexity index is 980. The number of hydrogen-bond donors (Lipinski definition) is 2. The molecule has 0 atom stereocenters. The third kappa shape index (κ3) is 4.81. The van der Waals surface area contributed by atoms with Crippen LogP contribution in [0.3, 0.4) is 0 Å². The van der Waals surface area contributed by atoms with Crippen LogP contribution in [0, 0.1) is 0 Å². The van der Waals surface area contributed by atoms with E-state index in [1.54, 1.807) is 43.6 Å². The number of halogens is 1. The van der Waals surface area contributed by atoms with Crippen molar-refractivity contribution in [2.75, 3.05) is 12.4 Å². The van der Waals surface area contributed by atoms with Gasteiger partial charge in [-0.15, -0.1) is 0 Å². The van der Waals surface area contributed by atoms with Crippen LogP contribution in [0.15, 0.2) is 66.9 Å². The minimum absolute atomic E-state index is 0.168. The molecule has 1 heterocycles. The number of pyridine rings is 1. The fourth-order valence-corrected chi connectivity index (χ4v) is 2.89. The molecule has 0 aliphatic rings. The van der Waals surface area contributed by atoms with Gasteiger partial charge in [-0.05, 0) is 59.7 Å². The number of amides is 1. The van der Waals surface area contributed by atoms with Crippen molar-refractivity contribution in [1.82, 2.24) is 10.3 Å². The quantitative estimate of drug-likeness (QED) is 0.633. The highest BCUT2D eigenvalue weighted by Gasteiger charge is 2.09. The van der Waals surface area contributed by atoms with Gasteiger partial charge in [-0.2, -0.15) is 0 Å². The van der Waals surface area contributed by atoms with E-state index in [2.05, 4.69) is 15.6 Å². The largest absolute Gasteiger partial charge is 0.495 e. The lowest BCUT2D eigenvalue weighted by atomic mass is 10.1. The number of carbonyl (C=O) groups excluding carboxylic acids is 1. The van der Waals surface area contributed by atoms with E-state index in [1.807, 2.05) is 30.3 Å². The number of nitrogens with one attached hydrogen (secondary N) is 2. The molecule has 7 heteroatoms. The van der Waals surface area contributed by atoms with Crippen LogP contribution in [-0.4, -0.2) is 23.1 Å². The first-order chi connectivity index (χ1) is 13.1. The van der Waals surface area contributed by atoms with E-state index in [9.17, 15) is 4.79 Å². The van der Waals surface area contributed by atoms with Crippen LogP contribution in [-0.2, 0) is 0 Å². The number of methoxy groups -OCH3 is 1. The summed E-state index contributed by atoms with van der Waals surface area (Å²) in [7, 11) is 1.57. The molecular weight excluding hydrogens is 382 g/mol. The minimum Gasteiger partial charge on any atom is -0.495 e. The predicted octanol–water partition coefficient (Wildman–Crippen LogP) is 4.54. The van der Waals surface area contributed by atoms with Gasteiger partial charge in [-0.25, -0.2) is 4.98 Å². The van der Waals surface area contributed by atoms with Crippen LogP contribution >= 0.6 is 23.8 Å². The van der Waals surface area contributed by atoms with Crippen molar-refractivity contribution in [3.05, 3.63) is 77.4 Å². The average Bonchev–Trinajstić information content (AvgIpc) is 2.68. The molecule has 2 aromatic carbocycles. The van der Waals surface area contributed by atoms with Gasteiger partial charge in [0.1, 0.15) is 11.6 Å². The van der Waals surface area contributed by atoms with Crippen molar-refractivity contribution >= 4 is 40.7 Å². The van der Waals surface area contributed by atoms with Crippen molar-refractivity contribution in [1.29, 1.82) is 0 Å². The summed E-state index contributed by atoms with van der Waals surface area (Å²) in [5.74, 6) is 0.835. The first kappa shape index (κ1) is 18.8. The van der Waals surface area contributed by atoms with Crippen molar-refractivity contribution < 1.29 is 9.53 Å². The molecule has 0 aliphatic heterocycles. The highest BCUT2D eigenvalue weighted by atomic mass is 35.5. The van der Waals surface area contributed by atoms with Crippen LogP contribution in [0.2, 0.25) is 5.02 Å². The molecule has 1 aromatic heterocycles. The molecule has 136 valence electrons. The second kappa shape index (κ2) is 8.62. The zero-order valence-electron chi connectivity index (χ0n) is 14.4. The van der Waals surface area contributed by atoms with E-state index in [4.69, 9.17) is 28.6 Å². The Morgan fingerprint density at radius 3 is 2.52 bits per heavy atom. The van der Waals surface area contributed by atoms with Gasteiger partial charge >= 0.3 is 0 Å². The summed E-state index contributed by atoms with van der Waals surface area (Å²) < 4.78 is 5.17. The van der Waals surface area contributed by atoms with Gasteiger partial charge in [-0.3, -0.25) is 10.1 Å². The second-order valence-electron chi connectivity index (χ2n) is 5.55. The van der Waals surface area contributed by atoms with Gasteiger partial charge in [0.2, 0.25) is 0 Å². The van der Waals surface area contributed by atoms with Gasteiger partial charge < -0.3 is 10.1 Å². The van der Waals surface area contributed by atoms with E-state index in [-0.39, 0.29) is 11.0 Å². The molecular formula is C20H16ClN3O2S. The number of anilines is 1. The highest BCUT2D eigenvalue weighted by Crippen LogP contribution is 2.30. The number of nitrogens with zero attached hydrogens (tertiary/aromatic N) is 1. The predicted molar refractivity (Wildman–Crippen MR) is 111 cm³/mol. The Kier molecular flexibility index (Phi) is 6.01. The maximum absolute atomic E-state index is 12.1. The molecule has 0 fully saturated rings. The average molecular weight is 398 g/mol. The molecule has 1 amide bonds. The lowest BCUT2D eigenvalue weighted by molar-refractivity contribution is 0.0977. The monoisotopic (exact) mass is 397 g/mol. The van der Waals surface area contributed by atoms with E-state index < -0.39 is 0 Å². The topological polar surface area (TPSA) is 63.2 Å². The molecule has 0 radical (unpaired) electrons. The van der Waals surface area contributed by atoms with Crippen LogP contribution in [0.4, 0.5) is 5.82 Å². The van der Waals surface area contributed by atoms with Crippen molar-refractivity contribution in [3.63, 3.8) is 0 Å². The van der Waals surface area contributed by atoms with Crippen molar-refractivity contribution in [3.8, 4) is 16.9 Å². The second-order valence-corrected chi connectivity index (χ2v) is 6.37. The minimum atomic E-state index is -0.286. The van der Waals surface area contributed by atoms with E-state index >= 15 is 0 Å². The smallest absolute Gasteiger partial charge is 0.257 e. The Morgan fingerprint density at radius 2 is 1.81 bits per heavy atom. The van der Waals surface area contributed by atoms with Gasteiger partial charge in [-0.1, -0.05) is 35.9 Å². The Morgan fingerprint density at radius 1 is 1.07 bits per heavy atom. The summed E-state index contributed by atoms with van der Waals surface area (Å²) in [5, 5.41) is 6.24. The third-order valence-corrected chi connectivity index (χ3v) is 4.25. The maximum Gasteiger partial charge on any atom is 0.257 e. The summed E-state index contributed by atoms with van der Waals surface area (Å²) >= 11 is 11.4. The summed E-state index contributed by atoms with van der Waals surface area (Å²) in [6, 6.07) is 18.0. The number of benzene rings is 2. The normalized spacial score (nSPS) is 10.1. The molecule has 3 rings (SSSR count). The SMILES string of the molecule is COc1ccc(-c2ccnc(NC(=S)NC(=O)c3ccccc3)c2)cc1Cl.